The van der Waals surface area contributed by atoms with Crippen molar-refractivity contribution in [2.24, 2.45) is 5.92 Å². The van der Waals surface area contributed by atoms with E-state index in [9.17, 15) is 9.59 Å². The summed E-state index contributed by atoms with van der Waals surface area (Å²) in [7, 11) is 0. The van der Waals surface area contributed by atoms with Crippen molar-refractivity contribution in [2.75, 3.05) is 19.6 Å². The van der Waals surface area contributed by atoms with Gasteiger partial charge in [-0.05, 0) is 44.3 Å². The summed E-state index contributed by atoms with van der Waals surface area (Å²) in [6.07, 6.45) is 3.90. The Morgan fingerprint density at radius 3 is 2.39 bits per heavy atom. The van der Waals surface area contributed by atoms with Crippen LogP contribution in [0.5, 0.6) is 0 Å². The summed E-state index contributed by atoms with van der Waals surface area (Å²) in [5, 5.41) is 6.04. The molecule has 0 bridgehead atoms. The van der Waals surface area contributed by atoms with Crippen LogP contribution in [0.2, 0.25) is 0 Å². The predicted octanol–water partition coefficient (Wildman–Crippen LogP) is 1.29. The number of carbonyl (C=O) groups is 2. The van der Waals surface area contributed by atoms with Crippen LogP contribution in [0.4, 0.5) is 0 Å². The normalized spacial score (nSPS) is 19.3. The van der Waals surface area contributed by atoms with Crippen LogP contribution >= 0.6 is 0 Å². The number of likely N-dealkylation sites (tertiary alicyclic amines) is 1. The van der Waals surface area contributed by atoms with Crippen molar-refractivity contribution < 1.29 is 9.59 Å². The second-order valence-corrected chi connectivity index (χ2v) is 6.60. The van der Waals surface area contributed by atoms with Gasteiger partial charge in [0.25, 0.3) is 0 Å². The minimum absolute atomic E-state index is 0.0708. The molecule has 5 nitrogen and oxygen atoms in total. The molecule has 1 aliphatic carbocycles. The van der Waals surface area contributed by atoms with Crippen molar-refractivity contribution in [3.63, 3.8) is 0 Å². The van der Waals surface area contributed by atoms with Crippen molar-refractivity contribution >= 4 is 11.8 Å². The molecule has 2 fully saturated rings. The molecule has 1 aromatic carbocycles. The van der Waals surface area contributed by atoms with Gasteiger partial charge in [0.15, 0.2) is 0 Å². The Balaban J connectivity index is 1.36. The first-order valence-electron chi connectivity index (χ1n) is 8.54. The van der Waals surface area contributed by atoms with E-state index in [2.05, 4.69) is 15.5 Å². The summed E-state index contributed by atoms with van der Waals surface area (Å²) < 4.78 is 0. The molecular formula is C18H25N3O2. The molecule has 1 aliphatic heterocycles. The van der Waals surface area contributed by atoms with Gasteiger partial charge in [-0.3, -0.25) is 14.5 Å². The zero-order chi connectivity index (χ0) is 16.1. The van der Waals surface area contributed by atoms with E-state index in [0.717, 1.165) is 44.3 Å². The van der Waals surface area contributed by atoms with Gasteiger partial charge >= 0.3 is 0 Å². The molecule has 2 N–H and O–H groups in total. The number of nitrogens with one attached hydrogen (secondary N) is 2. The van der Waals surface area contributed by atoms with Crippen molar-refractivity contribution in [3.8, 4) is 0 Å². The fraction of sp³-hybridized carbons (Fsp3) is 0.556. The Morgan fingerprint density at radius 2 is 1.74 bits per heavy atom. The number of rotatable bonds is 6. The third-order valence-electron chi connectivity index (χ3n) is 4.58. The average Bonchev–Trinajstić information content (AvgIpc) is 3.38. The number of amides is 2. The number of piperidine rings is 1. The Hall–Kier alpha value is -1.88. The zero-order valence-electron chi connectivity index (χ0n) is 13.5. The molecule has 0 spiro atoms. The molecule has 2 aliphatic rings. The van der Waals surface area contributed by atoms with Crippen LogP contribution in [-0.2, 0) is 16.1 Å². The second kappa shape index (κ2) is 7.59. The lowest BCUT2D eigenvalue weighted by Gasteiger charge is -2.30. The van der Waals surface area contributed by atoms with E-state index >= 15 is 0 Å². The molecule has 1 saturated carbocycles. The Bertz CT molecular complexity index is 534. The maximum atomic E-state index is 12.2. The summed E-state index contributed by atoms with van der Waals surface area (Å²) in [5.41, 5.74) is 1.12. The number of benzene rings is 1. The van der Waals surface area contributed by atoms with Crippen LogP contribution in [0.1, 0.15) is 31.2 Å². The van der Waals surface area contributed by atoms with Crippen LogP contribution in [0.25, 0.3) is 0 Å². The van der Waals surface area contributed by atoms with Gasteiger partial charge in [-0.15, -0.1) is 0 Å². The second-order valence-electron chi connectivity index (χ2n) is 6.60. The number of hydrogen-bond donors (Lipinski definition) is 2. The average molecular weight is 315 g/mol. The molecule has 1 saturated heterocycles. The quantitative estimate of drug-likeness (QED) is 0.832. The van der Waals surface area contributed by atoms with Gasteiger partial charge in [0.2, 0.25) is 11.8 Å². The minimum atomic E-state index is 0.0708. The molecule has 1 heterocycles. The van der Waals surface area contributed by atoms with Gasteiger partial charge in [0.05, 0.1) is 6.54 Å². The van der Waals surface area contributed by atoms with E-state index in [-0.39, 0.29) is 17.7 Å². The molecule has 0 unspecified atom stereocenters. The van der Waals surface area contributed by atoms with E-state index < -0.39 is 0 Å². The third-order valence-corrected chi connectivity index (χ3v) is 4.58. The molecule has 1 aromatic rings. The Labute approximate surface area is 137 Å². The summed E-state index contributed by atoms with van der Waals surface area (Å²) in [4.78, 5) is 26.2. The smallest absolute Gasteiger partial charge is 0.234 e. The summed E-state index contributed by atoms with van der Waals surface area (Å²) in [5.74, 6) is 0.330. The van der Waals surface area contributed by atoms with Crippen molar-refractivity contribution in [1.29, 1.82) is 0 Å². The predicted molar refractivity (Wildman–Crippen MR) is 88.6 cm³/mol. The molecule has 124 valence electrons. The highest BCUT2D eigenvalue weighted by Gasteiger charge is 2.27. The number of nitrogens with zero attached hydrogens (tertiary/aromatic N) is 1. The molecule has 3 rings (SSSR count). The van der Waals surface area contributed by atoms with Gasteiger partial charge in [0, 0.05) is 18.5 Å². The first-order valence-corrected chi connectivity index (χ1v) is 8.54. The van der Waals surface area contributed by atoms with Crippen molar-refractivity contribution in [2.45, 2.75) is 38.3 Å². The van der Waals surface area contributed by atoms with Gasteiger partial charge in [-0.1, -0.05) is 30.3 Å². The fourth-order valence-corrected chi connectivity index (χ4v) is 2.99. The molecule has 0 atom stereocenters. The highest BCUT2D eigenvalue weighted by molar-refractivity contribution is 5.79. The van der Waals surface area contributed by atoms with E-state index in [1.54, 1.807) is 0 Å². The monoisotopic (exact) mass is 315 g/mol. The molecule has 2 amide bonds. The van der Waals surface area contributed by atoms with Crippen LogP contribution in [-0.4, -0.2) is 42.4 Å². The first-order chi connectivity index (χ1) is 11.2. The largest absolute Gasteiger partial charge is 0.352 e. The lowest BCUT2D eigenvalue weighted by atomic mass is 9.96. The number of carbonyl (C=O) groups excluding carboxylic acids is 2. The standard InChI is InChI=1S/C18H25N3O2/c22-17(20-16-6-7-16)13-21-10-8-15(9-11-21)18(23)19-12-14-4-2-1-3-5-14/h1-5,15-16H,6-13H2,(H,19,23)(H,20,22). The highest BCUT2D eigenvalue weighted by atomic mass is 16.2. The van der Waals surface area contributed by atoms with Crippen LogP contribution < -0.4 is 10.6 Å². The summed E-state index contributed by atoms with van der Waals surface area (Å²) >= 11 is 0. The Kier molecular flexibility index (Phi) is 5.28. The SMILES string of the molecule is O=C(CN1CCC(C(=O)NCc2ccccc2)CC1)NC1CC1. The summed E-state index contributed by atoms with van der Waals surface area (Å²) in [6, 6.07) is 10.4. The minimum Gasteiger partial charge on any atom is -0.352 e. The maximum absolute atomic E-state index is 12.2. The molecule has 0 radical (unpaired) electrons. The van der Waals surface area contributed by atoms with E-state index in [1.165, 1.54) is 0 Å². The van der Waals surface area contributed by atoms with Gasteiger partial charge < -0.3 is 10.6 Å². The molecular weight excluding hydrogens is 290 g/mol. The zero-order valence-corrected chi connectivity index (χ0v) is 13.5. The van der Waals surface area contributed by atoms with E-state index in [4.69, 9.17) is 0 Å². The lowest BCUT2D eigenvalue weighted by molar-refractivity contribution is -0.127. The van der Waals surface area contributed by atoms with Gasteiger partial charge in [-0.25, -0.2) is 0 Å². The maximum Gasteiger partial charge on any atom is 0.234 e. The molecule has 23 heavy (non-hydrogen) atoms. The van der Waals surface area contributed by atoms with Gasteiger partial charge in [0.1, 0.15) is 0 Å². The fourth-order valence-electron chi connectivity index (χ4n) is 2.99. The van der Waals surface area contributed by atoms with Crippen molar-refractivity contribution in [3.05, 3.63) is 35.9 Å². The van der Waals surface area contributed by atoms with Gasteiger partial charge in [-0.2, -0.15) is 0 Å². The lowest BCUT2D eigenvalue weighted by Crippen LogP contribution is -2.44. The van der Waals surface area contributed by atoms with Crippen LogP contribution in [0.15, 0.2) is 30.3 Å². The number of hydrogen-bond acceptors (Lipinski definition) is 3. The Morgan fingerprint density at radius 1 is 1.04 bits per heavy atom. The molecule has 5 heteroatoms. The van der Waals surface area contributed by atoms with Crippen LogP contribution in [0.3, 0.4) is 0 Å². The van der Waals surface area contributed by atoms with E-state index in [0.29, 0.717) is 19.1 Å². The summed E-state index contributed by atoms with van der Waals surface area (Å²) in [6.45, 7) is 2.70. The highest BCUT2D eigenvalue weighted by Crippen LogP contribution is 2.19. The first kappa shape index (κ1) is 16.0. The molecule has 0 aromatic heterocycles. The van der Waals surface area contributed by atoms with E-state index in [1.807, 2.05) is 30.3 Å². The van der Waals surface area contributed by atoms with Crippen molar-refractivity contribution in [1.82, 2.24) is 15.5 Å². The topological polar surface area (TPSA) is 61.4 Å². The van der Waals surface area contributed by atoms with Crippen LogP contribution in [0, 0.1) is 5.92 Å². The third kappa shape index (κ3) is 5.06.